The Bertz CT molecular complexity index is 326. The van der Waals surface area contributed by atoms with E-state index in [1.54, 1.807) is 0 Å². The molecular weight excluding hydrogens is 224 g/mol. The van der Waals surface area contributed by atoms with Gasteiger partial charge in [0.2, 0.25) is 0 Å². The van der Waals surface area contributed by atoms with Crippen LogP contribution in [0, 0.1) is 5.92 Å². The Morgan fingerprint density at radius 3 is 2.41 bits per heavy atom. The monoisotopic (exact) mass is 252 g/mol. The van der Waals surface area contributed by atoms with E-state index < -0.39 is 8.32 Å². The maximum Gasteiger partial charge on any atom is 0.193 e. The molecule has 0 aromatic rings. The number of rotatable bonds is 2. The van der Waals surface area contributed by atoms with Crippen LogP contribution in [-0.2, 0) is 4.43 Å². The van der Waals surface area contributed by atoms with Crippen molar-refractivity contribution in [2.75, 3.05) is 0 Å². The molecule has 2 heteroatoms. The van der Waals surface area contributed by atoms with Crippen molar-refractivity contribution in [3.8, 4) is 0 Å². The third kappa shape index (κ3) is 2.04. The van der Waals surface area contributed by atoms with Crippen LogP contribution in [0.15, 0.2) is 12.2 Å². The van der Waals surface area contributed by atoms with Crippen molar-refractivity contribution in [3.63, 3.8) is 0 Å². The van der Waals surface area contributed by atoms with E-state index in [1.165, 1.54) is 37.7 Å². The Morgan fingerprint density at radius 2 is 1.94 bits per heavy atom. The molecule has 2 saturated carbocycles. The molecule has 0 spiro atoms. The Balaban J connectivity index is 2.19. The first-order valence-corrected chi connectivity index (χ1v) is 9.98. The lowest BCUT2D eigenvalue weighted by Crippen LogP contribution is -2.60. The van der Waals surface area contributed by atoms with E-state index in [2.05, 4.69) is 40.4 Å². The summed E-state index contributed by atoms with van der Waals surface area (Å²) >= 11 is 0. The molecule has 2 aliphatic carbocycles. The van der Waals surface area contributed by atoms with Crippen LogP contribution in [0.1, 0.15) is 52.9 Å². The highest BCUT2D eigenvalue weighted by molar-refractivity contribution is 6.74. The molecule has 2 atom stereocenters. The van der Waals surface area contributed by atoms with Crippen molar-refractivity contribution in [2.24, 2.45) is 5.92 Å². The molecule has 0 aromatic carbocycles. The van der Waals surface area contributed by atoms with Gasteiger partial charge in [-0.3, -0.25) is 0 Å². The zero-order chi connectivity index (χ0) is 12.9. The number of fused-ring (bicyclic) bond motifs is 1. The molecule has 0 unspecified atom stereocenters. The summed E-state index contributed by atoms with van der Waals surface area (Å²) in [6, 6.07) is 0. The third-order valence-corrected chi connectivity index (χ3v) is 9.83. The molecule has 2 aliphatic rings. The molecule has 0 N–H and O–H groups in total. The highest BCUT2D eigenvalue weighted by Crippen LogP contribution is 2.56. The Hall–Kier alpha value is -0.0831. The zero-order valence-corrected chi connectivity index (χ0v) is 13.2. The van der Waals surface area contributed by atoms with Crippen LogP contribution in [0.5, 0.6) is 0 Å². The van der Waals surface area contributed by atoms with Crippen molar-refractivity contribution in [3.05, 3.63) is 12.2 Å². The van der Waals surface area contributed by atoms with E-state index in [0.717, 1.165) is 5.92 Å². The van der Waals surface area contributed by atoms with Crippen LogP contribution < -0.4 is 0 Å². The lowest BCUT2D eigenvalue weighted by molar-refractivity contribution is -0.0512. The third-order valence-electron chi connectivity index (χ3n) is 5.34. The van der Waals surface area contributed by atoms with Crippen molar-refractivity contribution in [1.82, 2.24) is 0 Å². The van der Waals surface area contributed by atoms with Gasteiger partial charge >= 0.3 is 0 Å². The molecule has 0 saturated heterocycles. The zero-order valence-electron chi connectivity index (χ0n) is 12.2. The Labute approximate surface area is 108 Å². The molecule has 0 aromatic heterocycles. The predicted molar refractivity (Wildman–Crippen MR) is 76.7 cm³/mol. The van der Waals surface area contributed by atoms with Gasteiger partial charge in [0.1, 0.15) is 0 Å². The fourth-order valence-corrected chi connectivity index (χ4v) is 4.73. The van der Waals surface area contributed by atoms with E-state index in [1.807, 2.05) is 0 Å². The maximum absolute atomic E-state index is 6.78. The minimum Gasteiger partial charge on any atom is -0.407 e. The standard InChI is InChI=1S/C15H28OSi/c1-12-11-13-9-7-8-10-15(12,13)16-17(5,6)14(2,3)4/h13H,1,7-11H2,2-6H3/t13-,15-/m1/s1. The van der Waals surface area contributed by atoms with Gasteiger partial charge < -0.3 is 4.43 Å². The minimum absolute atomic E-state index is 0.0846. The summed E-state index contributed by atoms with van der Waals surface area (Å²) in [6.45, 7) is 16.0. The largest absolute Gasteiger partial charge is 0.407 e. The SMILES string of the molecule is C=C1C[C@H]2CCCC[C@@]12O[Si](C)(C)C(C)(C)C. The van der Waals surface area contributed by atoms with Crippen molar-refractivity contribution >= 4 is 8.32 Å². The van der Waals surface area contributed by atoms with Gasteiger partial charge in [-0.2, -0.15) is 0 Å². The van der Waals surface area contributed by atoms with Gasteiger partial charge in [0.15, 0.2) is 8.32 Å². The van der Waals surface area contributed by atoms with Crippen LogP contribution >= 0.6 is 0 Å². The molecular formula is C15H28OSi. The first kappa shape index (κ1) is 13.4. The summed E-state index contributed by atoms with van der Waals surface area (Å²) in [4.78, 5) is 0. The molecule has 98 valence electrons. The van der Waals surface area contributed by atoms with E-state index >= 15 is 0 Å². The van der Waals surface area contributed by atoms with Gasteiger partial charge in [-0.15, -0.1) is 0 Å². The van der Waals surface area contributed by atoms with Crippen LogP contribution in [0.2, 0.25) is 18.1 Å². The lowest BCUT2D eigenvalue weighted by Gasteiger charge is -2.58. The van der Waals surface area contributed by atoms with E-state index in [0.29, 0.717) is 5.04 Å². The first-order chi connectivity index (χ1) is 7.69. The summed E-state index contributed by atoms with van der Waals surface area (Å²) in [7, 11) is -1.66. The molecule has 2 fully saturated rings. The highest BCUT2D eigenvalue weighted by atomic mass is 28.4. The molecule has 0 aliphatic heterocycles. The molecule has 0 bridgehead atoms. The number of hydrogen-bond acceptors (Lipinski definition) is 1. The second-order valence-corrected chi connectivity index (χ2v) is 12.2. The van der Waals surface area contributed by atoms with E-state index in [9.17, 15) is 0 Å². The lowest BCUT2D eigenvalue weighted by atomic mass is 9.59. The normalized spacial score (nSPS) is 34.2. The molecule has 0 heterocycles. The van der Waals surface area contributed by atoms with Gasteiger partial charge in [-0.1, -0.05) is 40.2 Å². The minimum atomic E-state index is -1.66. The summed E-state index contributed by atoms with van der Waals surface area (Å²) in [5.74, 6) is 0.776. The van der Waals surface area contributed by atoms with Crippen LogP contribution in [0.3, 0.4) is 0 Å². The van der Waals surface area contributed by atoms with Gasteiger partial charge in [-0.05, 0) is 48.9 Å². The van der Waals surface area contributed by atoms with Gasteiger partial charge in [-0.25, -0.2) is 0 Å². The van der Waals surface area contributed by atoms with Crippen molar-refractivity contribution < 1.29 is 4.43 Å². The van der Waals surface area contributed by atoms with Gasteiger partial charge in [0.25, 0.3) is 0 Å². The second-order valence-electron chi connectivity index (χ2n) is 7.50. The van der Waals surface area contributed by atoms with Gasteiger partial charge in [0, 0.05) is 0 Å². The Kier molecular flexibility index (Phi) is 3.11. The molecule has 0 radical (unpaired) electrons. The van der Waals surface area contributed by atoms with Gasteiger partial charge in [0.05, 0.1) is 5.60 Å². The quantitative estimate of drug-likeness (QED) is 0.502. The van der Waals surface area contributed by atoms with E-state index in [4.69, 9.17) is 4.43 Å². The van der Waals surface area contributed by atoms with Crippen LogP contribution in [-0.4, -0.2) is 13.9 Å². The maximum atomic E-state index is 6.78. The second kappa shape index (κ2) is 3.96. The number of hydrogen-bond donors (Lipinski definition) is 0. The summed E-state index contributed by atoms with van der Waals surface area (Å²) in [5, 5.41) is 0.305. The van der Waals surface area contributed by atoms with Crippen molar-refractivity contribution in [2.45, 2.75) is 76.6 Å². The molecule has 1 nitrogen and oxygen atoms in total. The molecule has 0 amide bonds. The summed E-state index contributed by atoms with van der Waals surface area (Å²) in [6.07, 6.45) is 6.51. The average molecular weight is 252 g/mol. The first-order valence-electron chi connectivity index (χ1n) is 7.07. The van der Waals surface area contributed by atoms with E-state index in [-0.39, 0.29) is 5.60 Å². The predicted octanol–water partition coefficient (Wildman–Crippen LogP) is 4.90. The summed E-state index contributed by atoms with van der Waals surface area (Å²) in [5.41, 5.74) is 1.47. The topological polar surface area (TPSA) is 9.23 Å². The Morgan fingerprint density at radius 1 is 1.29 bits per heavy atom. The fourth-order valence-electron chi connectivity index (χ4n) is 3.10. The van der Waals surface area contributed by atoms with Crippen molar-refractivity contribution in [1.29, 1.82) is 0 Å². The smallest absolute Gasteiger partial charge is 0.193 e. The summed E-state index contributed by atoms with van der Waals surface area (Å²) < 4.78 is 6.78. The molecule has 2 rings (SSSR count). The van der Waals surface area contributed by atoms with Crippen LogP contribution in [0.25, 0.3) is 0 Å². The fraction of sp³-hybridized carbons (Fsp3) is 0.867. The highest BCUT2D eigenvalue weighted by Gasteiger charge is 2.56. The van der Waals surface area contributed by atoms with Crippen LogP contribution in [0.4, 0.5) is 0 Å². The molecule has 17 heavy (non-hydrogen) atoms. The average Bonchev–Trinajstić information content (AvgIpc) is 2.18.